The second-order valence-corrected chi connectivity index (χ2v) is 5.20. The van der Waals surface area contributed by atoms with E-state index in [0.717, 1.165) is 32.2 Å². The predicted molar refractivity (Wildman–Crippen MR) is 68.2 cm³/mol. The van der Waals surface area contributed by atoms with Gasteiger partial charge in [0, 0.05) is 45.2 Å². The number of carbonyl (C=O) groups excluding carboxylic acids is 1. The number of carbonyl (C=O) groups is 1. The first-order valence-corrected chi connectivity index (χ1v) is 6.92. The summed E-state index contributed by atoms with van der Waals surface area (Å²) in [4.78, 5) is 14.0. The van der Waals surface area contributed by atoms with Crippen LogP contribution >= 0.6 is 0 Å². The maximum Gasteiger partial charge on any atom is 0.248 e. The van der Waals surface area contributed by atoms with Crippen LogP contribution in [0.1, 0.15) is 32.6 Å². The van der Waals surface area contributed by atoms with E-state index in [1.54, 1.807) is 0 Å². The number of hydrogen-bond acceptors (Lipinski definition) is 4. The summed E-state index contributed by atoms with van der Waals surface area (Å²) in [5, 5.41) is 0. The summed E-state index contributed by atoms with van der Waals surface area (Å²) in [5.41, 5.74) is 5.45. The first-order chi connectivity index (χ1) is 8.71. The molecule has 0 bridgehead atoms. The molecule has 0 unspecified atom stereocenters. The highest BCUT2D eigenvalue weighted by Gasteiger charge is 2.35. The van der Waals surface area contributed by atoms with Crippen molar-refractivity contribution in [2.24, 2.45) is 5.73 Å². The molecule has 2 rings (SSSR count). The molecule has 1 aliphatic heterocycles. The van der Waals surface area contributed by atoms with Crippen LogP contribution in [0.4, 0.5) is 0 Å². The van der Waals surface area contributed by atoms with Gasteiger partial charge >= 0.3 is 0 Å². The van der Waals surface area contributed by atoms with Crippen molar-refractivity contribution in [1.29, 1.82) is 0 Å². The van der Waals surface area contributed by atoms with Gasteiger partial charge in [-0.05, 0) is 19.8 Å². The van der Waals surface area contributed by atoms with Crippen LogP contribution in [0.25, 0.3) is 0 Å². The van der Waals surface area contributed by atoms with Crippen molar-refractivity contribution in [3.05, 3.63) is 0 Å². The number of nitrogens with zero attached hydrogens (tertiary/aromatic N) is 1. The third-order valence-electron chi connectivity index (χ3n) is 3.93. The van der Waals surface area contributed by atoms with Gasteiger partial charge in [0.15, 0.2) is 0 Å². The Kier molecular flexibility index (Phi) is 4.59. The summed E-state index contributed by atoms with van der Waals surface area (Å²) in [6.07, 6.45) is 3.84. The minimum atomic E-state index is -0.350. The van der Waals surface area contributed by atoms with Crippen molar-refractivity contribution in [2.75, 3.05) is 32.9 Å². The molecule has 1 saturated heterocycles. The van der Waals surface area contributed by atoms with Gasteiger partial charge in [0.25, 0.3) is 0 Å². The van der Waals surface area contributed by atoms with Gasteiger partial charge in [-0.2, -0.15) is 0 Å². The quantitative estimate of drug-likeness (QED) is 0.752. The fourth-order valence-corrected chi connectivity index (χ4v) is 2.47. The number of rotatable bonds is 6. The van der Waals surface area contributed by atoms with Crippen molar-refractivity contribution in [3.63, 3.8) is 0 Å². The van der Waals surface area contributed by atoms with Crippen molar-refractivity contribution < 1.29 is 14.3 Å². The molecule has 5 heteroatoms. The normalized spacial score (nSPS) is 22.8. The van der Waals surface area contributed by atoms with Crippen LogP contribution in [0.2, 0.25) is 0 Å². The van der Waals surface area contributed by atoms with E-state index in [1.807, 2.05) is 11.8 Å². The first-order valence-electron chi connectivity index (χ1n) is 6.92. The summed E-state index contributed by atoms with van der Waals surface area (Å²) < 4.78 is 11.2. The van der Waals surface area contributed by atoms with E-state index in [0.29, 0.717) is 25.8 Å². The van der Waals surface area contributed by atoms with Gasteiger partial charge < -0.3 is 20.1 Å². The fourth-order valence-electron chi connectivity index (χ4n) is 2.47. The van der Waals surface area contributed by atoms with E-state index < -0.39 is 0 Å². The zero-order chi connectivity index (χ0) is 13.0. The van der Waals surface area contributed by atoms with Gasteiger partial charge in [0.05, 0.1) is 5.60 Å². The van der Waals surface area contributed by atoms with Crippen LogP contribution in [0, 0.1) is 0 Å². The van der Waals surface area contributed by atoms with Gasteiger partial charge in [0.2, 0.25) is 5.91 Å². The molecular formula is C13H24N2O3. The van der Waals surface area contributed by atoms with Crippen molar-refractivity contribution in [2.45, 2.75) is 44.2 Å². The van der Waals surface area contributed by atoms with Crippen molar-refractivity contribution in [3.8, 4) is 0 Å². The molecule has 0 aromatic rings. The van der Waals surface area contributed by atoms with E-state index in [-0.39, 0.29) is 18.1 Å². The number of hydrogen-bond donors (Lipinski definition) is 1. The lowest BCUT2D eigenvalue weighted by Crippen LogP contribution is -2.48. The largest absolute Gasteiger partial charge is 0.381 e. The van der Waals surface area contributed by atoms with Crippen LogP contribution in [-0.4, -0.2) is 55.4 Å². The first kappa shape index (κ1) is 13.8. The molecule has 18 heavy (non-hydrogen) atoms. The number of nitrogens with two attached hydrogens (primary N) is 1. The maximum absolute atomic E-state index is 12.1. The Bertz CT molecular complexity index is 286. The Balaban J connectivity index is 1.83. The Morgan fingerprint density at radius 2 is 2.11 bits per heavy atom. The minimum absolute atomic E-state index is 0.0966. The molecule has 0 radical (unpaired) electrons. The summed E-state index contributed by atoms with van der Waals surface area (Å²) in [6, 6.07) is 0.453. The van der Waals surface area contributed by atoms with E-state index in [1.165, 1.54) is 0 Å². The second-order valence-electron chi connectivity index (χ2n) is 5.20. The van der Waals surface area contributed by atoms with Crippen molar-refractivity contribution in [1.82, 2.24) is 4.90 Å². The standard InChI is InChI=1S/C13H24N2O3/c1-2-15(11-3-4-11)12(16)9-18-13(10-14)5-7-17-8-6-13/h11H,2-10,14H2,1H3. The van der Waals surface area contributed by atoms with Crippen LogP contribution in [0.3, 0.4) is 0 Å². The molecule has 2 aliphatic rings. The molecule has 0 atom stereocenters. The van der Waals surface area contributed by atoms with Gasteiger partial charge in [-0.25, -0.2) is 0 Å². The van der Waals surface area contributed by atoms with Crippen LogP contribution in [0.5, 0.6) is 0 Å². The van der Waals surface area contributed by atoms with E-state index in [4.69, 9.17) is 15.2 Å². The van der Waals surface area contributed by atoms with Gasteiger partial charge in [-0.3, -0.25) is 4.79 Å². The molecule has 2 fully saturated rings. The highest BCUT2D eigenvalue weighted by Crippen LogP contribution is 2.28. The Hall–Kier alpha value is -0.650. The van der Waals surface area contributed by atoms with Crippen LogP contribution < -0.4 is 5.73 Å². The zero-order valence-corrected chi connectivity index (χ0v) is 11.2. The topological polar surface area (TPSA) is 64.8 Å². The molecule has 5 nitrogen and oxygen atoms in total. The van der Waals surface area contributed by atoms with Gasteiger partial charge in [0.1, 0.15) is 6.61 Å². The number of ether oxygens (including phenoxy) is 2. The third-order valence-corrected chi connectivity index (χ3v) is 3.93. The predicted octanol–water partition coefficient (Wildman–Crippen LogP) is 0.522. The highest BCUT2D eigenvalue weighted by atomic mass is 16.5. The van der Waals surface area contributed by atoms with Crippen molar-refractivity contribution >= 4 is 5.91 Å². The molecular weight excluding hydrogens is 232 g/mol. The Labute approximate surface area is 109 Å². The molecule has 0 spiro atoms. The average Bonchev–Trinajstić information content (AvgIpc) is 3.23. The molecule has 104 valence electrons. The molecule has 2 N–H and O–H groups in total. The number of amides is 1. The third kappa shape index (κ3) is 3.22. The van der Waals surface area contributed by atoms with Gasteiger partial charge in [-0.15, -0.1) is 0 Å². The summed E-state index contributed by atoms with van der Waals surface area (Å²) in [7, 11) is 0. The summed E-state index contributed by atoms with van der Waals surface area (Å²) in [6.45, 7) is 4.74. The van der Waals surface area contributed by atoms with Crippen LogP contribution in [0.15, 0.2) is 0 Å². The number of likely N-dealkylation sites (N-methyl/N-ethyl adjacent to an activating group) is 1. The van der Waals surface area contributed by atoms with E-state index in [2.05, 4.69) is 0 Å². The van der Waals surface area contributed by atoms with E-state index >= 15 is 0 Å². The minimum Gasteiger partial charge on any atom is -0.381 e. The lowest BCUT2D eigenvalue weighted by Gasteiger charge is -2.36. The summed E-state index contributed by atoms with van der Waals surface area (Å²) in [5.74, 6) is 0.0966. The molecule has 1 aliphatic carbocycles. The second kappa shape index (κ2) is 5.99. The lowest BCUT2D eigenvalue weighted by molar-refractivity contribution is -0.151. The lowest BCUT2D eigenvalue weighted by atomic mass is 9.94. The zero-order valence-electron chi connectivity index (χ0n) is 11.2. The highest BCUT2D eigenvalue weighted by molar-refractivity contribution is 5.78. The molecule has 0 aromatic heterocycles. The Morgan fingerprint density at radius 3 is 2.61 bits per heavy atom. The van der Waals surface area contributed by atoms with E-state index in [9.17, 15) is 4.79 Å². The molecule has 1 saturated carbocycles. The fraction of sp³-hybridized carbons (Fsp3) is 0.923. The Morgan fingerprint density at radius 1 is 1.44 bits per heavy atom. The van der Waals surface area contributed by atoms with Crippen LogP contribution in [-0.2, 0) is 14.3 Å². The average molecular weight is 256 g/mol. The molecule has 1 heterocycles. The molecule has 0 aromatic carbocycles. The molecule has 1 amide bonds. The SMILES string of the molecule is CCN(C(=O)COC1(CN)CCOCC1)C1CC1. The summed E-state index contributed by atoms with van der Waals surface area (Å²) >= 11 is 0. The maximum atomic E-state index is 12.1. The smallest absolute Gasteiger partial charge is 0.248 e. The monoisotopic (exact) mass is 256 g/mol. The van der Waals surface area contributed by atoms with Gasteiger partial charge in [-0.1, -0.05) is 0 Å².